The maximum Gasteiger partial charge on any atom is 0.335 e. The van der Waals surface area contributed by atoms with Crippen LogP contribution >= 0.6 is 0 Å². The Kier molecular flexibility index (Phi) is 3.98. The van der Waals surface area contributed by atoms with E-state index in [1.807, 2.05) is 11.9 Å². The summed E-state index contributed by atoms with van der Waals surface area (Å²) in [5.41, 5.74) is 6.52. The Bertz CT molecular complexity index is 907. The van der Waals surface area contributed by atoms with E-state index in [0.717, 1.165) is 0 Å². The molecule has 2 heterocycles. The number of aryl methyl sites for hydroxylation is 1. The summed E-state index contributed by atoms with van der Waals surface area (Å²) in [6, 6.07) is 4.65. The lowest BCUT2D eigenvalue weighted by Crippen LogP contribution is -2.23. The largest absolute Gasteiger partial charge is 0.478 e. The monoisotopic (exact) mass is 328 g/mol. The second-order valence-corrected chi connectivity index (χ2v) is 5.34. The van der Waals surface area contributed by atoms with Gasteiger partial charge in [-0.25, -0.2) is 9.78 Å². The lowest BCUT2D eigenvalue weighted by molar-refractivity contribution is 0.0697. The van der Waals surface area contributed by atoms with Crippen LogP contribution in [0, 0.1) is 6.92 Å². The molecule has 1 aromatic carbocycles. The number of aromatic carboxylic acids is 1. The van der Waals surface area contributed by atoms with E-state index in [4.69, 9.17) is 10.3 Å². The van der Waals surface area contributed by atoms with E-state index in [9.17, 15) is 9.90 Å². The molecule has 2 aromatic heterocycles. The highest BCUT2D eigenvalue weighted by molar-refractivity contribution is 5.97. The van der Waals surface area contributed by atoms with Gasteiger partial charge in [0.15, 0.2) is 5.82 Å². The zero-order valence-electron chi connectivity index (χ0n) is 13.2. The van der Waals surface area contributed by atoms with Gasteiger partial charge in [0.2, 0.25) is 11.8 Å². The number of aromatic nitrogens is 4. The van der Waals surface area contributed by atoms with E-state index in [0.29, 0.717) is 41.4 Å². The summed E-state index contributed by atoms with van der Waals surface area (Å²) in [5.74, 6) is 0.778. The number of benzene rings is 1. The molecule has 3 rings (SSSR count). The van der Waals surface area contributed by atoms with Gasteiger partial charge in [-0.05, 0) is 18.2 Å². The maximum absolute atomic E-state index is 11.2. The molecule has 0 spiro atoms. The number of nitrogens with two attached hydrogens (primary N) is 1. The lowest BCUT2D eigenvalue weighted by atomic mass is 10.1. The Labute approximate surface area is 137 Å². The minimum Gasteiger partial charge on any atom is -0.478 e. The Morgan fingerprint density at radius 3 is 2.79 bits per heavy atom. The average Bonchev–Trinajstić information content (AvgIpc) is 2.96. The standard InChI is InChI=1S/C15H16N6O3/c1-8-17-12(20-24-8)5-6-21(2)13-10-7-9(14(22)23)3-4-11(10)18-15(16)19-13/h3-4,7H,5-6H2,1-2H3,(H,22,23)(H2,16,18,19). The lowest BCUT2D eigenvalue weighted by Gasteiger charge is -2.19. The van der Waals surface area contributed by atoms with Crippen LogP contribution in [-0.2, 0) is 6.42 Å². The highest BCUT2D eigenvalue weighted by atomic mass is 16.5. The van der Waals surface area contributed by atoms with Gasteiger partial charge in [0.05, 0.1) is 11.1 Å². The molecule has 9 heteroatoms. The highest BCUT2D eigenvalue weighted by Crippen LogP contribution is 2.25. The van der Waals surface area contributed by atoms with Gasteiger partial charge in [0.25, 0.3) is 0 Å². The zero-order chi connectivity index (χ0) is 17.3. The quantitative estimate of drug-likeness (QED) is 0.710. The first kappa shape index (κ1) is 15.7. The number of carboxylic acid groups (broad SMARTS) is 1. The van der Waals surface area contributed by atoms with Crippen molar-refractivity contribution in [1.29, 1.82) is 0 Å². The molecule has 0 saturated carbocycles. The number of hydrogen-bond donors (Lipinski definition) is 2. The van der Waals surface area contributed by atoms with Gasteiger partial charge in [-0.3, -0.25) is 0 Å². The molecule has 0 bridgehead atoms. The van der Waals surface area contributed by atoms with E-state index in [2.05, 4.69) is 20.1 Å². The maximum atomic E-state index is 11.2. The van der Waals surface area contributed by atoms with E-state index < -0.39 is 5.97 Å². The first-order valence-corrected chi connectivity index (χ1v) is 7.25. The SMILES string of the molecule is Cc1nc(CCN(C)c2nc(N)nc3ccc(C(=O)O)cc23)no1. The number of rotatable bonds is 5. The van der Waals surface area contributed by atoms with Crippen LogP contribution in [0.25, 0.3) is 10.9 Å². The molecular formula is C15H16N6O3. The van der Waals surface area contributed by atoms with Crippen molar-refractivity contribution in [1.82, 2.24) is 20.1 Å². The van der Waals surface area contributed by atoms with Crippen molar-refractivity contribution in [2.45, 2.75) is 13.3 Å². The number of carbonyl (C=O) groups is 1. The molecule has 0 atom stereocenters. The van der Waals surface area contributed by atoms with Gasteiger partial charge in [-0.15, -0.1) is 0 Å². The van der Waals surface area contributed by atoms with Crippen molar-refractivity contribution in [2.24, 2.45) is 0 Å². The molecule has 0 radical (unpaired) electrons. The van der Waals surface area contributed by atoms with Crippen LogP contribution in [0.1, 0.15) is 22.1 Å². The molecule has 0 fully saturated rings. The Morgan fingerprint density at radius 2 is 2.12 bits per heavy atom. The predicted octanol–water partition coefficient (Wildman–Crippen LogP) is 1.28. The fourth-order valence-corrected chi connectivity index (χ4v) is 2.37. The molecule has 9 nitrogen and oxygen atoms in total. The van der Waals surface area contributed by atoms with Gasteiger partial charge in [0.1, 0.15) is 5.82 Å². The summed E-state index contributed by atoms with van der Waals surface area (Å²) in [6.45, 7) is 2.29. The third-order valence-electron chi connectivity index (χ3n) is 3.54. The number of carboxylic acids is 1. The Morgan fingerprint density at radius 1 is 1.33 bits per heavy atom. The molecule has 0 unspecified atom stereocenters. The summed E-state index contributed by atoms with van der Waals surface area (Å²) in [7, 11) is 1.83. The van der Waals surface area contributed by atoms with Crippen molar-refractivity contribution in [2.75, 3.05) is 24.2 Å². The van der Waals surface area contributed by atoms with E-state index in [1.165, 1.54) is 6.07 Å². The van der Waals surface area contributed by atoms with E-state index >= 15 is 0 Å². The number of anilines is 2. The summed E-state index contributed by atoms with van der Waals surface area (Å²) in [5, 5.41) is 13.6. The smallest absolute Gasteiger partial charge is 0.335 e. The number of hydrogen-bond acceptors (Lipinski definition) is 8. The highest BCUT2D eigenvalue weighted by Gasteiger charge is 2.14. The van der Waals surface area contributed by atoms with Crippen molar-refractivity contribution in [3.8, 4) is 0 Å². The minimum atomic E-state index is -1.01. The molecule has 3 aromatic rings. The number of nitrogen functional groups attached to an aromatic ring is 1. The molecule has 0 aliphatic carbocycles. The number of nitrogens with zero attached hydrogens (tertiary/aromatic N) is 5. The fourth-order valence-electron chi connectivity index (χ4n) is 2.37. The van der Waals surface area contributed by atoms with Crippen LogP contribution in [0.15, 0.2) is 22.7 Å². The van der Waals surface area contributed by atoms with Crippen LogP contribution in [-0.4, -0.2) is 44.8 Å². The molecule has 124 valence electrons. The summed E-state index contributed by atoms with van der Waals surface area (Å²) in [6.07, 6.45) is 0.553. The van der Waals surface area contributed by atoms with Gasteiger partial charge < -0.3 is 20.3 Å². The number of likely N-dealkylation sites (N-methyl/N-ethyl adjacent to an activating group) is 1. The molecule has 0 aliphatic heterocycles. The third-order valence-corrected chi connectivity index (χ3v) is 3.54. The molecule has 0 saturated heterocycles. The van der Waals surface area contributed by atoms with Gasteiger partial charge in [-0.1, -0.05) is 5.16 Å². The van der Waals surface area contributed by atoms with Gasteiger partial charge in [-0.2, -0.15) is 9.97 Å². The van der Waals surface area contributed by atoms with Crippen molar-refractivity contribution < 1.29 is 14.4 Å². The molecular weight excluding hydrogens is 312 g/mol. The van der Waals surface area contributed by atoms with Gasteiger partial charge in [0, 0.05) is 32.3 Å². The predicted molar refractivity (Wildman–Crippen MR) is 86.9 cm³/mol. The van der Waals surface area contributed by atoms with Crippen molar-refractivity contribution in [3.05, 3.63) is 35.5 Å². The summed E-state index contributed by atoms with van der Waals surface area (Å²) < 4.78 is 4.94. The molecule has 0 aliphatic rings. The first-order valence-electron chi connectivity index (χ1n) is 7.25. The van der Waals surface area contributed by atoms with Crippen molar-refractivity contribution >= 4 is 28.6 Å². The minimum absolute atomic E-state index is 0.128. The summed E-state index contributed by atoms with van der Waals surface area (Å²) in [4.78, 5) is 25.6. The van der Waals surface area contributed by atoms with Crippen LogP contribution in [0.4, 0.5) is 11.8 Å². The van der Waals surface area contributed by atoms with E-state index in [1.54, 1.807) is 19.1 Å². The Hall–Kier alpha value is -3.23. The normalized spacial score (nSPS) is 10.9. The van der Waals surface area contributed by atoms with E-state index in [-0.39, 0.29) is 11.5 Å². The molecule has 3 N–H and O–H groups in total. The fraction of sp³-hybridized carbons (Fsp3) is 0.267. The topological polar surface area (TPSA) is 131 Å². The second-order valence-electron chi connectivity index (χ2n) is 5.34. The summed E-state index contributed by atoms with van der Waals surface area (Å²) >= 11 is 0. The van der Waals surface area contributed by atoms with Crippen LogP contribution in [0.2, 0.25) is 0 Å². The van der Waals surface area contributed by atoms with Crippen LogP contribution < -0.4 is 10.6 Å². The Balaban J connectivity index is 1.93. The first-order chi connectivity index (χ1) is 11.4. The van der Waals surface area contributed by atoms with Crippen molar-refractivity contribution in [3.63, 3.8) is 0 Å². The molecule has 0 amide bonds. The van der Waals surface area contributed by atoms with Crippen LogP contribution in [0.3, 0.4) is 0 Å². The third kappa shape index (κ3) is 3.09. The van der Waals surface area contributed by atoms with Gasteiger partial charge >= 0.3 is 5.97 Å². The molecule has 24 heavy (non-hydrogen) atoms. The zero-order valence-corrected chi connectivity index (χ0v) is 13.2. The average molecular weight is 328 g/mol. The second kappa shape index (κ2) is 6.11. The van der Waals surface area contributed by atoms with Crippen LogP contribution in [0.5, 0.6) is 0 Å². The number of fused-ring (bicyclic) bond motifs is 1.